The number of amides is 5. The molecule has 24 rings (SSSR count). The molecular formula is C105H112F7N27O6. The summed E-state index contributed by atoms with van der Waals surface area (Å²) < 4.78 is 113. The number of imidazole rings is 1. The van der Waals surface area contributed by atoms with Gasteiger partial charge in [-0.05, 0) is 225 Å². The van der Waals surface area contributed by atoms with Crippen molar-refractivity contribution >= 4 is 101 Å². The zero-order valence-corrected chi connectivity index (χ0v) is 81.8. The van der Waals surface area contributed by atoms with Crippen LogP contribution in [0.5, 0.6) is 5.75 Å². The van der Waals surface area contributed by atoms with Gasteiger partial charge in [-0.3, -0.25) is 68.2 Å². The lowest BCUT2D eigenvalue weighted by atomic mass is 9.53. The predicted molar refractivity (Wildman–Crippen MR) is 537 cm³/mol. The number of rotatable bonds is 19. The summed E-state index contributed by atoms with van der Waals surface area (Å²) >= 11 is 0. The number of aromatic nitrogens is 20. The number of benzene rings is 7. The molecule has 6 saturated carbocycles. The lowest BCUT2D eigenvalue weighted by molar-refractivity contribution is -0.0167. The summed E-state index contributed by atoms with van der Waals surface area (Å²) in [6.45, 7) is 9.26. The number of H-pyrrole nitrogens is 5. The fourth-order valence-electron chi connectivity index (χ4n) is 20.9. The molecule has 40 heteroatoms. The Kier molecular flexibility index (Phi) is 27.5. The Morgan fingerprint density at radius 1 is 0.483 bits per heavy atom. The number of hydrogen-bond acceptors (Lipinski definition) is 18. The Labute approximate surface area is 828 Å². The second-order valence-corrected chi connectivity index (χ2v) is 39.6. The maximum atomic E-state index is 14.6. The summed E-state index contributed by atoms with van der Waals surface area (Å²) in [6.07, 6.45) is 30.9. The quantitative estimate of drug-likeness (QED) is 0.0336. The number of nitrogens with zero attached hydrogens (tertiary/aromatic N) is 17. The molecule has 1 aliphatic heterocycles. The van der Waals surface area contributed by atoms with Gasteiger partial charge in [-0.25, -0.2) is 35.7 Å². The van der Waals surface area contributed by atoms with Gasteiger partial charge in [0.05, 0.1) is 65.4 Å². The van der Waals surface area contributed by atoms with Crippen LogP contribution in [-0.2, 0) is 35.2 Å². The van der Waals surface area contributed by atoms with Crippen molar-refractivity contribution in [2.45, 2.75) is 159 Å². The van der Waals surface area contributed by atoms with Gasteiger partial charge < -0.3 is 45.7 Å². The third-order valence-electron chi connectivity index (χ3n) is 28.6. The van der Waals surface area contributed by atoms with Gasteiger partial charge in [-0.15, -0.1) is 0 Å². The van der Waals surface area contributed by atoms with Crippen molar-refractivity contribution in [3.8, 4) is 61.5 Å². The van der Waals surface area contributed by atoms with E-state index in [1.54, 1.807) is 121 Å². The minimum Gasteiger partial charge on any atom is -0.490 e. The number of ether oxygens (including phenoxy) is 1. The van der Waals surface area contributed by atoms with Crippen LogP contribution in [0.15, 0.2) is 171 Å². The topological polar surface area (TPSA) is 394 Å². The molecule has 0 radical (unpaired) electrons. The molecule has 7 fully saturated rings. The molecule has 7 aliphatic rings. The normalized spacial score (nSPS) is 19.1. The zero-order chi connectivity index (χ0) is 102. The number of aromatic amines is 5. The Morgan fingerprint density at radius 3 is 1.49 bits per heavy atom. The van der Waals surface area contributed by atoms with E-state index in [1.165, 1.54) is 69.7 Å². The second-order valence-electron chi connectivity index (χ2n) is 39.6. The van der Waals surface area contributed by atoms with Gasteiger partial charge in [0.15, 0.2) is 28.7 Å². The van der Waals surface area contributed by atoms with E-state index in [9.17, 15) is 54.7 Å². The molecule has 7 aromatic carbocycles. The molecule has 1 saturated heterocycles. The molecule has 10 N–H and O–H groups in total. The maximum absolute atomic E-state index is 14.6. The van der Waals surface area contributed by atoms with E-state index in [4.69, 9.17) is 4.74 Å². The highest BCUT2D eigenvalue weighted by Gasteiger charge is 2.52. The molecule has 5 amide bonds. The van der Waals surface area contributed by atoms with Crippen LogP contribution in [0, 0.1) is 47.9 Å². The Morgan fingerprint density at radius 2 is 0.966 bits per heavy atom. The number of carbonyl (C=O) groups is 5. The highest BCUT2D eigenvalue weighted by Crippen LogP contribution is 2.56. The highest BCUT2D eigenvalue weighted by molar-refractivity contribution is 6.14. The first-order chi connectivity index (χ1) is 69.5. The largest absolute Gasteiger partial charge is 0.490 e. The predicted octanol–water partition coefficient (Wildman–Crippen LogP) is 18.5. The van der Waals surface area contributed by atoms with Crippen LogP contribution in [0.2, 0.25) is 0 Å². The summed E-state index contributed by atoms with van der Waals surface area (Å²) in [5, 5.41) is 67.5. The molecule has 0 unspecified atom stereocenters. The standard InChI is InChI=1S/C24H24FN5O2.C23H24FN7O.C22H25N5O.C20H23F2N5O.C16H16F3N5O/c1-30-14-15(13-26-30)19-11-20-22(12-21(19)25)28-29-23(20)24(31)27-16-6-5-9-18(10-16)32-17-7-3-2-4-8-17;1-29-6-8-31(9-7-29)17-5-3-4-16(10-17)26-23(32)22-19-11-18(15-13-25-30(2)14-15)20(24)12-21(19)27-28-22;1-27-12-17(11-23-27)16-2-3-19-18(7-16)20(26-25-19)21(28)24-22-8-13-4-14(9-22)6-15(5-13)10-22;1-11-23-10-16(27(11)3)12-8-14-17(15(21)9-12)25-26-18(14)19(28)24-13-4-6-20(2,22)7-5-13;1-8(16(2,18)19)21-15(25)14-11-4-9(10-6-20-24(3)7-10)5-12(17)13(11)22-23-14/h5-6,9-14,17H,2-4,7-8H2,1H3,(H,27,31)(H,28,29);3-5,10-14H,6-9H2,1-2H3,(H,26,32)(H,27,28);2-3,7,11-15H,4-6,8-10H2,1H3,(H,24,28)(H,25,26);8-10,13H,4-7H2,1-3H3,(H,24,28)(H,25,26);4-8H,1-3H3,(H,21,25)(H,22,23)/t;;;;8-/m....0/s1. The number of piperazine rings is 1. The van der Waals surface area contributed by atoms with E-state index in [0.717, 1.165) is 121 Å². The summed E-state index contributed by atoms with van der Waals surface area (Å²) in [4.78, 5) is 73.2. The summed E-state index contributed by atoms with van der Waals surface area (Å²) in [5.41, 5.74) is 10.8. The number of nitrogens with one attached hydrogen (secondary N) is 10. The highest BCUT2D eigenvalue weighted by atomic mass is 19.3. The molecule has 752 valence electrons. The zero-order valence-electron chi connectivity index (χ0n) is 81.8. The molecule has 33 nitrogen and oxygen atoms in total. The van der Waals surface area contributed by atoms with Crippen molar-refractivity contribution in [2.24, 2.45) is 53.0 Å². The fraction of sp³-hybridized carbons (Fsp3) is 0.362. The maximum Gasteiger partial charge on any atom is 0.276 e. The van der Waals surface area contributed by atoms with Crippen LogP contribution in [0.25, 0.3) is 110 Å². The van der Waals surface area contributed by atoms with Crippen molar-refractivity contribution in [3.63, 3.8) is 0 Å². The smallest absolute Gasteiger partial charge is 0.276 e. The minimum absolute atomic E-state index is 0.00192. The van der Waals surface area contributed by atoms with Crippen LogP contribution in [0.1, 0.15) is 175 Å². The van der Waals surface area contributed by atoms with E-state index >= 15 is 0 Å². The molecular weight excluding hydrogens is 1870 g/mol. The van der Waals surface area contributed by atoms with Gasteiger partial charge in [0, 0.05) is 206 Å². The van der Waals surface area contributed by atoms with E-state index in [1.807, 2.05) is 98.6 Å². The third-order valence-corrected chi connectivity index (χ3v) is 28.6. The number of hydrogen-bond donors (Lipinski definition) is 10. The number of fused-ring (bicyclic) bond motifs is 5. The van der Waals surface area contributed by atoms with E-state index in [0.29, 0.717) is 116 Å². The van der Waals surface area contributed by atoms with Gasteiger partial charge in [0.2, 0.25) is 0 Å². The van der Waals surface area contributed by atoms with Gasteiger partial charge >= 0.3 is 0 Å². The van der Waals surface area contributed by atoms with Crippen molar-refractivity contribution in [2.75, 3.05) is 48.8 Å². The van der Waals surface area contributed by atoms with Gasteiger partial charge in [0.25, 0.3) is 35.5 Å². The number of likely N-dealkylation sites (N-methyl/N-ethyl adjacent to an activating group) is 1. The molecule has 1 atom stereocenters. The van der Waals surface area contributed by atoms with Crippen molar-refractivity contribution < 1.29 is 59.4 Å². The first-order valence-corrected chi connectivity index (χ1v) is 48.6. The van der Waals surface area contributed by atoms with E-state index in [-0.39, 0.29) is 80.5 Å². The van der Waals surface area contributed by atoms with Crippen LogP contribution in [0.3, 0.4) is 0 Å². The van der Waals surface area contributed by atoms with E-state index < -0.39 is 46.8 Å². The van der Waals surface area contributed by atoms with Crippen LogP contribution in [0.4, 0.5) is 47.8 Å². The number of alkyl halides is 3. The van der Waals surface area contributed by atoms with Gasteiger partial charge in [-0.1, -0.05) is 24.6 Å². The molecule has 0 spiro atoms. The van der Waals surface area contributed by atoms with Crippen LogP contribution in [-0.4, -0.2) is 203 Å². The first kappa shape index (κ1) is 98.2. The third kappa shape index (κ3) is 21.7. The van der Waals surface area contributed by atoms with Crippen LogP contribution >= 0.6 is 0 Å². The summed E-state index contributed by atoms with van der Waals surface area (Å²) in [6, 6.07) is 31.7. The first-order valence-electron chi connectivity index (χ1n) is 48.6. The molecule has 17 aromatic rings. The van der Waals surface area contributed by atoms with Crippen LogP contribution < -0.4 is 36.2 Å². The fourth-order valence-corrected chi connectivity index (χ4v) is 20.9. The Bertz CT molecular complexity index is 7660. The number of anilines is 3. The monoisotopic (exact) mass is 1980 g/mol. The summed E-state index contributed by atoms with van der Waals surface area (Å²) in [5.74, 6) is -2.96. The lowest BCUT2D eigenvalue weighted by Crippen LogP contribution is -2.59. The Hall–Kier alpha value is -15.6. The molecule has 4 bridgehead atoms. The number of halogens is 7. The van der Waals surface area contributed by atoms with Crippen molar-refractivity contribution in [1.82, 2.24) is 121 Å². The molecule has 6 aliphatic carbocycles. The van der Waals surface area contributed by atoms with Crippen molar-refractivity contribution in [3.05, 3.63) is 229 Å². The minimum atomic E-state index is -3.09. The lowest BCUT2D eigenvalue weighted by Gasteiger charge is -2.56. The number of aryl methyl sites for hydroxylation is 5. The molecule has 11 heterocycles. The SMILES string of the molecule is CN1CCN(c2cccc(NC(=O)c3n[nH]c4cc(F)c(-c5cnn(C)c5)cc34)c2)CC1.C[C@H](NC(=O)c1[nH]nc2c(F)cc(-c3cnn(C)c3)cc12)C(C)(F)F.Cc1ncc(-c2cc(F)c3n[nH]c(C(=O)NC4CCC(C)(F)CC4)c3c2)n1C.Cn1cc(-c2cc3c(C(=O)Nc4cccc(OC5CCCCC5)c4)n[nH]c3cc2F)cn1.Cn1cc(-c2ccc3[nH]nc(C(=O)NC45CC6CC(CC(C6)C4)C5)c3c2)cn1. The van der Waals surface area contributed by atoms with E-state index in [2.05, 4.69) is 120 Å². The average molecular weight is 1980 g/mol. The second kappa shape index (κ2) is 40.6. The van der Waals surface area contributed by atoms with Gasteiger partial charge in [0.1, 0.15) is 51.3 Å². The Balaban J connectivity index is 0.000000115. The molecule has 10 aromatic heterocycles. The average Bonchev–Trinajstić information content (AvgIpc) is 1.39. The number of carbonyl (C=O) groups excluding carboxylic acids is 5. The van der Waals surface area contributed by atoms with Crippen molar-refractivity contribution in [1.29, 1.82) is 0 Å². The molecule has 145 heavy (non-hydrogen) atoms. The summed E-state index contributed by atoms with van der Waals surface area (Å²) in [7, 11) is 11.1. The van der Waals surface area contributed by atoms with Gasteiger partial charge in [-0.2, -0.15) is 45.9 Å².